The number of hydrogen-bond acceptors (Lipinski definition) is 3. The van der Waals surface area contributed by atoms with Crippen molar-refractivity contribution < 1.29 is 9.59 Å². The van der Waals surface area contributed by atoms with Gasteiger partial charge in [-0.15, -0.1) is 0 Å². The maximum atomic E-state index is 11.8. The van der Waals surface area contributed by atoms with E-state index < -0.39 is 18.0 Å². The van der Waals surface area contributed by atoms with E-state index in [1.807, 2.05) is 0 Å². The Morgan fingerprint density at radius 3 is 2.14 bits per heavy atom. The van der Waals surface area contributed by atoms with Crippen LogP contribution >= 0.6 is 0 Å². The first-order valence-corrected chi connectivity index (χ1v) is 7.30. The number of benzene rings is 1. The summed E-state index contributed by atoms with van der Waals surface area (Å²) in [4.78, 5) is 22.5. The predicted molar refractivity (Wildman–Crippen MR) is 83.7 cm³/mol. The smallest absolute Gasteiger partial charge is 0.318 e. The second kappa shape index (κ2) is 7.78. The van der Waals surface area contributed by atoms with E-state index in [1.54, 1.807) is 6.92 Å². The van der Waals surface area contributed by atoms with Crippen molar-refractivity contribution >= 4 is 11.9 Å². The Hall–Kier alpha value is -1.88. The summed E-state index contributed by atoms with van der Waals surface area (Å²) < 4.78 is 0. The average Bonchev–Trinajstić information content (AvgIpc) is 2.43. The zero-order chi connectivity index (χ0) is 16.0. The van der Waals surface area contributed by atoms with Gasteiger partial charge in [-0.1, -0.05) is 45.0 Å². The normalized spacial score (nSPS) is 13.8. The van der Waals surface area contributed by atoms with Crippen molar-refractivity contribution in [2.45, 2.75) is 46.2 Å². The molecule has 1 aromatic rings. The molecule has 0 aliphatic carbocycles. The molecule has 1 rings (SSSR count). The number of hydrogen-bond donors (Lipinski definition) is 3. The topological polar surface area (TPSA) is 84.2 Å². The summed E-state index contributed by atoms with van der Waals surface area (Å²) in [6.07, 6.45) is 0.997. The summed E-state index contributed by atoms with van der Waals surface area (Å²) >= 11 is 0. The lowest BCUT2D eigenvalue weighted by Gasteiger charge is -2.26. The van der Waals surface area contributed by atoms with Crippen LogP contribution in [-0.4, -0.2) is 18.0 Å². The molecule has 3 amide bonds. The third-order valence-corrected chi connectivity index (χ3v) is 3.48. The number of aryl methyl sites for hydroxylation is 1. The summed E-state index contributed by atoms with van der Waals surface area (Å²) in [7, 11) is 0. The highest BCUT2D eigenvalue weighted by Gasteiger charge is 2.22. The Morgan fingerprint density at radius 2 is 1.71 bits per heavy atom. The lowest BCUT2D eigenvalue weighted by Crippen LogP contribution is -2.48. The molecular weight excluding hydrogens is 266 g/mol. The number of primary amides is 1. The van der Waals surface area contributed by atoms with Crippen molar-refractivity contribution in [1.29, 1.82) is 0 Å². The van der Waals surface area contributed by atoms with E-state index in [4.69, 9.17) is 5.73 Å². The number of amides is 3. The first kappa shape index (κ1) is 17.2. The predicted octanol–water partition coefficient (Wildman–Crippen LogP) is 2.12. The second-order valence-electron chi connectivity index (χ2n) is 5.56. The number of nitrogens with one attached hydrogen (secondary N) is 2. The van der Waals surface area contributed by atoms with Gasteiger partial charge in [-0.3, -0.25) is 15.4 Å². The minimum absolute atomic E-state index is 0.0320. The summed E-state index contributed by atoms with van der Waals surface area (Å²) in [5, 5.41) is 5.35. The first-order valence-electron chi connectivity index (χ1n) is 7.30. The molecule has 5 heteroatoms. The molecule has 0 fully saturated rings. The third-order valence-electron chi connectivity index (χ3n) is 3.48. The van der Waals surface area contributed by atoms with Gasteiger partial charge >= 0.3 is 6.03 Å². The number of rotatable bonds is 6. The van der Waals surface area contributed by atoms with Gasteiger partial charge in [-0.05, 0) is 30.4 Å². The molecule has 0 heterocycles. The van der Waals surface area contributed by atoms with E-state index in [0.717, 1.165) is 12.0 Å². The monoisotopic (exact) mass is 291 g/mol. The highest BCUT2D eigenvalue weighted by molar-refractivity contribution is 5.96. The minimum atomic E-state index is -0.831. The highest BCUT2D eigenvalue weighted by Crippen LogP contribution is 2.22. The number of nitrogens with two attached hydrogens (primary N) is 1. The molecule has 0 aliphatic heterocycles. The van der Waals surface area contributed by atoms with Gasteiger partial charge in [0, 0.05) is 6.04 Å². The number of carbonyl (C=O) groups excluding carboxylic acids is 2. The van der Waals surface area contributed by atoms with Gasteiger partial charge in [-0.2, -0.15) is 0 Å². The van der Waals surface area contributed by atoms with E-state index in [1.165, 1.54) is 5.56 Å². The Labute approximate surface area is 126 Å². The fourth-order valence-electron chi connectivity index (χ4n) is 2.21. The Bertz CT molecular complexity index is 483. The van der Waals surface area contributed by atoms with Crippen LogP contribution in [0.2, 0.25) is 0 Å². The molecule has 1 aromatic carbocycles. The number of carbonyl (C=O) groups is 2. The summed E-state index contributed by atoms with van der Waals surface area (Å²) in [6, 6.07) is 7.05. The van der Waals surface area contributed by atoms with E-state index in [-0.39, 0.29) is 6.04 Å². The van der Waals surface area contributed by atoms with Gasteiger partial charge < -0.3 is 5.73 Å². The van der Waals surface area contributed by atoms with Crippen LogP contribution in [-0.2, 0) is 11.2 Å². The molecule has 4 N–H and O–H groups in total. The quantitative estimate of drug-likeness (QED) is 0.750. The second-order valence-corrected chi connectivity index (χ2v) is 5.56. The molecule has 21 heavy (non-hydrogen) atoms. The molecular formula is C16H25N3O2. The van der Waals surface area contributed by atoms with E-state index >= 15 is 0 Å². The molecule has 0 radical (unpaired) electrons. The Balaban J connectivity index is 2.81. The molecule has 116 valence electrons. The fourth-order valence-corrected chi connectivity index (χ4v) is 2.21. The summed E-state index contributed by atoms with van der Waals surface area (Å²) in [5.74, 6) is -0.111. The largest absolute Gasteiger partial charge is 0.351 e. The van der Waals surface area contributed by atoms with Crippen LogP contribution in [0.1, 0.15) is 44.9 Å². The minimum Gasteiger partial charge on any atom is -0.351 e. The summed E-state index contributed by atoms with van der Waals surface area (Å²) in [5.41, 5.74) is 7.37. The Morgan fingerprint density at radius 1 is 1.14 bits per heavy atom. The van der Waals surface area contributed by atoms with Crippen molar-refractivity contribution in [3.05, 3.63) is 35.4 Å². The van der Waals surface area contributed by atoms with Crippen molar-refractivity contribution in [2.75, 3.05) is 0 Å². The van der Waals surface area contributed by atoms with Gasteiger partial charge in [0.2, 0.25) is 5.91 Å². The molecule has 0 spiro atoms. The standard InChI is InChI=1S/C16H25N3O2/c1-5-12-6-8-13(9-7-12)14(10(2)3)18-11(4)15(20)19-16(17)21/h6-11,14,18H,5H2,1-4H3,(H3,17,19,20,21)/t11-,14+/m1/s1. The number of imide groups is 1. The average molecular weight is 291 g/mol. The third kappa shape index (κ3) is 5.19. The van der Waals surface area contributed by atoms with Crippen LogP contribution in [0.15, 0.2) is 24.3 Å². The van der Waals surface area contributed by atoms with Crippen LogP contribution in [0.3, 0.4) is 0 Å². The maximum absolute atomic E-state index is 11.8. The van der Waals surface area contributed by atoms with Crippen molar-refractivity contribution in [3.8, 4) is 0 Å². The molecule has 0 bridgehead atoms. The van der Waals surface area contributed by atoms with E-state index in [9.17, 15) is 9.59 Å². The SMILES string of the molecule is CCc1ccc([C@@H](N[C@H](C)C(=O)NC(N)=O)C(C)C)cc1. The molecule has 2 atom stereocenters. The molecule has 5 nitrogen and oxygen atoms in total. The number of urea groups is 1. The van der Waals surface area contributed by atoms with Gasteiger partial charge in [-0.25, -0.2) is 4.79 Å². The van der Waals surface area contributed by atoms with Gasteiger partial charge in [0.05, 0.1) is 6.04 Å². The molecule has 0 aliphatic rings. The first-order chi connectivity index (χ1) is 9.85. The molecule has 0 aromatic heterocycles. The lowest BCUT2D eigenvalue weighted by atomic mass is 9.94. The molecule has 0 unspecified atom stereocenters. The van der Waals surface area contributed by atoms with Gasteiger partial charge in [0.15, 0.2) is 0 Å². The van der Waals surface area contributed by atoms with Crippen LogP contribution in [0.5, 0.6) is 0 Å². The van der Waals surface area contributed by atoms with E-state index in [0.29, 0.717) is 5.92 Å². The zero-order valence-corrected chi connectivity index (χ0v) is 13.1. The van der Waals surface area contributed by atoms with Crippen molar-refractivity contribution in [1.82, 2.24) is 10.6 Å². The Kier molecular flexibility index (Phi) is 6.37. The van der Waals surface area contributed by atoms with Gasteiger partial charge in [0.1, 0.15) is 0 Å². The van der Waals surface area contributed by atoms with Crippen LogP contribution in [0, 0.1) is 5.92 Å². The fraction of sp³-hybridized carbons (Fsp3) is 0.500. The van der Waals surface area contributed by atoms with E-state index in [2.05, 4.69) is 55.7 Å². The molecule has 0 saturated carbocycles. The van der Waals surface area contributed by atoms with Crippen molar-refractivity contribution in [2.24, 2.45) is 11.7 Å². The van der Waals surface area contributed by atoms with Crippen LogP contribution < -0.4 is 16.4 Å². The van der Waals surface area contributed by atoms with Crippen molar-refractivity contribution in [3.63, 3.8) is 0 Å². The molecule has 0 saturated heterocycles. The maximum Gasteiger partial charge on any atom is 0.318 e. The van der Waals surface area contributed by atoms with Crippen LogP contribution in [0.25, 0.3) is 0 Å². The van der Waals surface area contributed by atoms with Crippen LogP contribution in [0.4, 0.5) is 4.79 Å². The lowest BCUT2D eigenvalue weighted by molar-refractivity contribution is -0.121. The summed E-state index contributed by atoms with van der Waals surface area (Å²) in [6.45, 7) is 8.01. The zero-order valence-electron chi connectivity index (χ0n) is 13.1. The highest BCUT2D eigenvalue weighted by atomic mass is 16.2. The van der Waals surface area contributed by atoms with Gasteiger partial charge in [0.25, 0.3) is 0 Å².